The molecule has 0 bridgehead atoms. The summed E-state index contributed by atoms with van der Waals surface area (Å²) in [5.41, 5.74) is 2.78. The van der Waals surface area contributed by atoms with Crippen molar-refractivity contribution in [3.63, 3.8) is 0 Å². The van der Waals surface area contributed by atoms with Gasteiger partial charge in [-0.3, -0.25) is 23.7 Å². The second-order valence-corrected chi connectivity index (χ2v) is 11.5. The number of H-pyrrole nitrogens is 1. The van der Waals surface area contributed by atoms with Crippen molar-refractivity contribution in [1.29, 1.82) is 5.26 Å². The number of hydrogen-bond acceptors (Lipinski definition) is 14. The maximum atomic E-state index is 13.1. The molecule has 1 unspecified atom stereocenters. The lowest BCUT2D eigenvalue weighted by molar-refractivity contribution is -0.161. The number of rotatable bonds is 10. The molecule has 7 N–H and O–H groups in total. The lowest BCUT2D eigenvalue weighted by atomic mass is 10.0. The van der Waals surface area contributed by atoms with Crippen LogP contribution >= 0.6 is 34.6 Å². The number of nitriles is 1. The van der Waals surface area contributed by atoms with Crippen LogP contribution in [0.2, 0.25) is 0 Å². The highest BCUT2D eigenvalue weighted by molar-refractivity contribution is 8.00. The normalized spacial score (nSPS) is 18.9. The average Bonchev–Trinajstić information content (AvgIpc) is 3.49. The van der Waals surface area contributed by atoms with E-state index in [1.165, 1.54) is 31.0 Å². The van der Waals surface area contributed by atoms with Gasteiger partial charge in [0.1, 0.15) is 33.9 Å². The van der Waals surface area contributed by atoms with Gasteiger partial charge in [-0.15, -0.1) is 23.1 Å². The number of carbonyl (C=O) groups is 4. The van der Waals surface area contributed by atoms with Crippen molar-refractivity contribution >= 4 is 74.2 Å². The van der Waals surface area contributed by atoms with E-state index in [9.17, 15) is 34.2 Å². The van der Waals surface area contributed by atoms with Gasteiger partial charge in [-0.2, -0.15) is 5.26 Å². The molecular weight excluding hydrogens is 588 g/mol. The van der Waals surface area contributed by atoms with Gasteiger partial charge in [-0.25, -0.2) is 14.6 Å². The number of nitrogens with one attached hydrogen (secondary N) is 3. The van der Waals surface area contributed by atoms with E-state index >= 15 is 0 Å². The number of nitrogens with two attached hydrogens (primary N) is 1. The number of carboxylic acids is 2. The average molecular weight is 609 g/mol. The molecule has 0 aromatic carbocycles. The molecule has 4 heterocycles. The first-order valence-corrected chi connectivity index (χ1v) is 13.9. The molecule has 0 spiro atoms. The summed E-state index contributed by atoms with van der Waals surface area (Å²) in [6, 6.07) is 0.642. The molecule has 2 aromatic heterocycles. The summed E-state index contributed by atoms with van der Waals surface area (Å²) in [5, 5.41) is 38.3. The van der Waals surface area contributed by atoms with Crippen molar-refractivity contribution < 1.29 is 34.2 Å². The third kappa shape index (κ3) is 5.36. The van der Waals surface area contributed by atoms with Crippen LogP contribution in [0.3, 0.4) is 0 Å². The van der Waals surface area contributed by atoms with Gasteiger partial charge in [0, 0.05) is 17.7 Å². The SMILES string of the molecule is CC(C)(O/N=C(/C(=O)NC1C(=O)N2C(C(=O)O)=C(CNc3s[nH]c(=O)c3C#N)CS[C@H]12)c1csc(N)n1)C(=O)O. The molecule has 4 rings (SSSR count). The van der Waals surface area contributed by atoms with E-state index in [1.807, 2.05) is 0 Å². The van der Waals surface area contributed by atoms with Crippen molar-refractivity contribution in [1.82, 2.24) is 19.6 Å². The van der Waals surface area contributed by atoms with Crippen LogP contribution in [0.4, 0.5) is 10.1 Å². The summed E-state index contributed by atoms with van der Waals surface area (Å²) < 4.78 is 2.41. The maximum Gasteiger partial charge on any atom is 0.352 e. The van der Waals surface area contributed by atoms with Crippen LogP contribution in [0.1, 0.15) is 25.1 Å². The number of carbonyl (C=O) groups excluding carboxylic acids is 2. The summed E-state index contributed by atoms with van der Waals surface area (Å²) >= 11 is 3.08. The van der Waals surface area contributed by atoms with Crippen LogP contribution in [0.5, 0.6) is 0 Å². The number of nitrogens with zero attached hydrogens (tertiary/aromatic N) is 4. The first-order chi connectivity index (χ1) is 18.9. The minimum atomic E-state index is -1.79. The van der Waals surface area contributed by atoms with E-state index in [-0.39, 0.29) is 39.4 Å². The summed E-state index contributed by atoms with van der Waals surface area (Å²) in [5.74, 6) is -4.16. The molecule has 0 saturated carbocycles. The molecule has 40 heavy (non-hydrogen) atoms. The molecule has 2 amide bonds. The molecule has 1 saturated heterocycles. The molecule has 210 valence electrons. The highest BCUT2D eigenvalue weighted by atomic mass is 32.2. The molecule has 2 aliphatic heterocycles. The zero-order chi connectivity index (χ0) is 29.4. The van der Waals surface area contributed by atoms with Gasteiger partial charge in [0.15, 0.2) is 16.4 Å². The summed E-state index contributed by atoms with van der Waals surface area (Å²) in [6.07, 6.45) is 0. The van der Waals surface area contributed by atoms with Crippen LogP contribution in [0.15, 0.2) is 26.6 Å². The summed E-state index contributed by atoms with van der Waals surface area (Å²) in [7, 11) is 0. The smallest absolute Gasteiger partial charge is 0.352 e. The molecule has 16 nitrogen and oxygen atoms in total. The Kier molecular flexibility index (Phi) is 7.86. The van der Waals surface area contributed by atoms with Crippen LogP contribution < -0.4 is 21.9 Å². The van der Waals surface area contributed by atoms with E-state index in [2.05, 4.69) is 25.1 Å². The highest BCUT2D eigenvalue weighted by Crippen LogP contribution is 2.40. The first kappa shape index (κ1) is 28.6. The largest absolute Gasteiger partial charge is 0.478 e. The number of thioether (sulfide) groups is 1. The van der Waals surface area contributed by atoms with E-state index in [0.29, 0.717) is 5.57 Å². The Morgan fingerprint density at radius 3 is 2.70 bits per heavy atom. The first-order valence-electron chi connectivity index (χ1n) is 11.1. The Morgan fingerprint density at radius 2 is 2.10 bits per heavy atom. The van der Waals surface area contributed by atoms with Gasteiger partial charge in [0.2, 0.25) is 5.60 Å². The zero-order valence-electron chi connectivity index (χ0n) is 20.6. The van der Waals surface area contributed by atoms with E-state index in [4.69, 9.17) is 15.8 Å². The number of nitrogen functional groups attached to an aromatic ring is 1. The summed E-state index contributed by atoms with van der Waals surface area (Å²) in [4.78, 5) is 71.5. The Bertz CT molecular complexity index is 1570. The standard InChI is InChI=1S/C21H20N8O8S3/c1-21(2,19(35)36)37-27-10(9-6-39-20(23)25-9)14(31)26-11-16(32)29-12(18(33)34)7(5-38-17(11)29)4-24-15-8(3-22)13(30)28-40-15/h6,11,17,24H,4-5H2,1-2H3,(H2,23,25)(H,26,31)(H,28,30)(H,33,34)(H,35,36)/b27-10+/t11?,17-/m1/s1. The lowest BCUT2D eigenvalue weighted by Gasteiger charge is -2.49. The maximum absolute atomic E-state index is 13.1. The number of carboxylic acid groups (broad SMARTS) is 2. The number of aromatic nitrogens is 2. The molecule has 0 radical (unpaired) electrons. The van der Waals surface area contributed by atoms with Gasteiger partial charge in [0.25, 0.3) is 17.4 Å². The number of fused-ring (bicyclic) bond motifs is 1. The summed E-state index contributed by atoms with van der Waals surface area (Å²) in [6.45, 7) is 2.39. The minimum Gasteiger partial charge on any atom is -0.478 e. The van der Waals surface area contributed by atoms with Crippen LogP contribution in [0.25, 0.3) is 0 Å². The topological polar surface area (TPSA) is 253 Å². The van der Waals surface area contributed by atoms with Gasteiger partial charge in [-0.05, 0) is 31.0 Å². The molecule has 1 fully saturated rings. The number of β-lactam (4-membered cyclic amide) rings is 1. The second-order valence-electron chi connectivity index (χ2n) is 8.74. The van der Waals surface area contributed by atoms with Gasteiger partial charge in [-0.1, -0.05) is 5.16 Å². The highest BCUT2D eigenvalue weighted by Gasteiger charge is 2.54. The Morgan fingerprint density at radius 1 is 1.38 bits per heavy atom. The quantitative estimate of drug-likeness (QED) is 0.116. The number of aromatic amines is 1. The molecule has 2 atom stereocenters. The number of thiazole rings is 1. The van der Waals surface area contributed by atoms with Crippen LogP contribution in [-0.2, 0) is 24.0 Å². The number of aliphatic carboxylic acids is 2. The number of oxime groups is 1. The molecule has 2 aromatic rings. The number of amides is 2. The minimum absolute atomic E-state index is 0.00982. The lowest BCUT2D eigenvalue weighted by Crippen LogP contribution is -2.71. The fourth-order valence-electron chi connectivity index (χ4n) is 3.54. The van der Waals surface area contributed by atoms with Crippen molar-refractivity contribution in [3.05, 3.63) is 38.3 Å². The van der Waals surface area contributed by atoms with Crippen molar-refractivity contribution in [3.8, 4) is 6.07 Å². The molecule has 2 aliphatic rings. The van der Waals surface area contributed by atoms with Crippen LogP contribution in [-0.4, -0.2) is 83.2 Å². The Hall–Kier alpha value is -4.41. The monoisotopic (exact) mass is 608 g/mol. The van der Waals surface area contributed by atoms with Crippen molar-refractivity contribution in [2.24, 2.45) is 5.16 Å². The van der Waals surface area contributed by atoms with Gasteiger partial charge in [0.05, 0.1) is 0 Å². The predicted octanol–water partition coefficient (Wildman–Crippen LogP) is -0.219. The van der Waals surface area contributed by atoms with Crippen molar-refractivity contribution in [2.75, 3.05) is 23.3 Å². The van der Waals surface area contributed by atoms with E-state index < -0.39 is 52.0 Å². The van der Waals surface area contributed by atoms with Crippen molar-refractivity contribution in [2.45, 2.75) is 30.9 Å². The predicted molar refractivity (Wildman–Crippen MR) is 144 cm³/mol. The zero-order valence-corrected chi connectivity index (χ0v) is 23.0. The third-order valence-electron chi connectivity index (χ3n) is 5.67. The van der Waals surface area contributed by atoms with Gasteiger partial charge < -0.3 is 31.4 Å². The van der Waals surface area contributed by atoms with Crippen LogP contribution in [0, 0.1) is 11.3 Å². The van der Waals surface area contributed by atoms with E-state index in [1.54, 1.807) is 6.07 Å². The molecule has 19 heteroatoms. The molecular formula is C21H20N8O8S3. The molecule has 0 aliphatic carbocycles. The van der Waals surface area contributed by atoms with Gasteiger partial charge >= 0.3 is 11.9 Å². The Labute approximate surface area is 236 Å². The third-order valence-corrected chi connectivity index (χ3v) is 8.52. The fourth-order valence-corrected chi connectivity index (χ4v) is 6.12. The number of anilines is 2. The Balaban J connectivity index is 1.53. The van der Waals surface area contributed by atoms with E-state index in [0.717, 1.165) is 27.8 Å². The fraction of sp³-hybridized carbons (Fsp3) is 0.333. The number of hydrogen-bond donors (Lipinski definition) is 6. The second kappa shape index (κ2) is 11.0.